The monoisotopic (exact) mass is 285 g/mol. The molecule has 0 fully saturated rings. The average Bonchev–Trinajstić information content (AvgIpc) is 2.36. The number of nitrogens with one attached hydrogen (secondary N) is 1. The summed E-state index contributed by atoms with van der Waals surface area (Å²) in [5.74, 6) is 1.03. The first kappa shape index (κ1) is 15.6. The Morgan fingerprint density at radius 1 is 1.47 bits per heavy atom. The van der Waals surface area contributed by atoms with Crippen LogP contribution in [0.1, 0.15) is 12.5 Å². The van der Waals surface area contributed by atoms with Gasteiger partial charge in [-0.15, -0.1) is 0 Å². The van der Waals surface area contributed by atoms with Crippen LogP contribution >= 0.6 is 11.6 Å². The number of guanidine groups is 1. The molecule has 106 valence electrons. The van der Waals surface area contributed by atoms with Crippen LogP contribution in [-0.2, 0) is 11.3 Å². The molecule has 1 aromatic carbocycles. The zero-order chi connectivity index (χ0) is 14.3. The van der Waals surface area contributed by atoms with Gasteiger partial charge in [0.1, 0.15) is 5.75 Å². The Labute approximate surface area is 118 Å². The highest BCUT2D eigenvalue weighted by Crippen LogP contribution is 2.25. The number of benzene rings is 1. The van der Waals surface area contributed by atoms with Gasteiger partial charge in [-0.3, -0.25) is 0 Å². The molecule has 19 heavy (non-hydrogen) atoms. The second-order valence-corrected chi connectivity index (χ2v) is 4.58. The van der Waals surface area contributed by atoms with E-state index < -0.39 is 0 Å². The molecule has 5 nitrogen and oxygen atoms in total. The molecule has 0 bridgehead atoms. The number of aliphatic imine (C=N–C) groups is 1. The number of nitrogens with zero attached hydrogens (tertiary/aromatic N) is 1. The van der Waals surface area contributed by atoms with Crippen molar-refractivity contribution in [3.8, 4) is 5.75 Å². The second kappa shape index (κ2) is 7.86. The number of rotatable bonds is 6. The highest BCUT2D eigenvalue weighted by Gasteiger charge is 2.03. The molecule has 0 aliphatic heterocycles. The molecule has 0 amide bonds. The summed E-state index contributed by atoms with van der Waals surface area (Å²) >= 11 is 6.03. The van der Waals surface area contributed by atoms with Crippen molar-refractivity contribution in [3.05, 3.63) is 28.8 Å². The van der Waals surface area contributed by atoms with Crippen LogP contribution in [0.15, 0.2) is 23.2 Å². The van der Waals surface area contributed by atoms with E-state index >= 15 is 0 Å². The Bertz CT molecular complexity index is 438. The zero-order valence-corrected chi connectivity index (χ0v) is 12.2. The number of halogens is 1. The summed E-state index contributed by atoms with van der Waals surface area (Å²) in [6.07, 6.45) is 0. The van der Waals surface area contributed by atoms with Crippen molar-refractivity contribution >= 4 is 17.6 Å². The fourth-order valence-electron chi connectivity index (χ4n) is 1.57. The van der Waals surface area contributed by atoms with Crippen molar-refractivity contribution in [1.82, 2.24) is 5.32 Å². The Hall–Kier alpha value is -1.46. The van der Waals surface area contributed by atoms with E-state index in [4.69, 9.17) is 26.8 Å². The molecule has 0 aliphatic carbocycles. The van der Waals surface area contributed by atoms with E-state index in [0.717, 1.165) is 5.56 Å². The quantitative estimate of drug-likeness (QED) is 0.618. The molecule has 1 unspecified atom stereocenters. The lowest BCUT2D eigenvalue weighted by Crippen LogP contribution is -2.40. The molecule has 1 aromatic rings. The smallest absolute Gasteiger partial charge is 0.189 e. The number of ether oxygens (including phenoxy) is 2. The standard InChI is InChI=1S/C13H20ClN3O2/c1-9(8-18-2)17-13(15)16-7-10-4-5-12(19-3)11(14)6-10/h4-6,9H,7-8H2,1-3H3,(H3,15,16,17). The van der Waals surface area contributed by atoms with Crippen molar-refractivity contribution in [1.29, 1.82) is 0 Å². The maximum Gasteiger partial charge on any atom is 0.189 e. The third-order valence-electron chi connectivity index (χ3n) is 2.46. The van der Waals surface area contributed by atoms with Crippen molar-refractivity contribution in [2.75, 3.05) is 20.8 Å². The van der Waals surface area contributed by atoms with Crippen molar-refractivity contribution in [2.45, 2.75) is 19.5 Å². The van der Waals surface area contributed by atoms with E-state index in [9.17, 15) is 0 Å². The summed E-state index contributed by atoms with van der Waals surface area (Å²) in [6, 6.07) is 5.65. The van der Waals surface area contributed by atoms with Gasteiger partial charge in [-0.1, -0.05) is 17.7 Å². The van der Waals surface area contributed by atoms with Gasteiger partial charge in [0, 0.05) is 13.2 Å². The summed E-state index contributed by atoms with van der Waals surface area (Å²) in [6.45, 7) is 3.00. The Balaban J connectivity index is 2.57. The van der Waals surface area contributed by atoms with Crippen LogP contribution in [0.3, 0.4) is 0 Å². The Kier molecular flexibility index (Phi) is 6.45. The lowest BCUT2D eigenvalue weighted by molar-refractivity contribution is 0.179. The van der Waals surface area contributed by atoms with Crippen LogP contribution in [0, 0.1) is 0 Å². The van der Waals surface area contributed by atoms with E-state index in [2.05, 4.69) is 10.3 Å². The first-order valence-corrected chi connectivity index (χ1v) is 6.32. The van der Waals surface area contributed by atoms with Crippen molar-refractivity contribution < 1.29 is 9.47 Å². The lowest BCUT2D eigenvalue weighted by atomic mass is 10.2. The van der Waals surface area contributed by atoms with Crippen LogP contribution in [0.25, 0.3) is 0 Å². The van der Waals surface area contributed by atoms with Crippen LogP contribution in [-0.4, -0.2) is 32.8 Å². The first-order valence-electron chi connectivity index (χ1n) is 5.94. The van der Waals surface area contributed by atoms with Gasteiger partial charge in [0.15, 0.2) is 5.96 Å². The molecule has 1 atom stereocenters. The van der Waals surface area contributed by atoms with Gasteiger partial charge in [-0.25, -0.2) is 4.99 Å². The van der Waals surface area contributed by atoms with E-state index in [-0.39, 0.29) is 6.04 Å². The van der Waals surface area contributed by atoms with Crippen LogP contribution < -0.4 is 15.8 Å². The predicted molar refractivity (Wildman–Crippen MR) is 77.8 cm³/mol. The van der Waals surface area contributed by atoms with E-state index in [0.29, 0.717) is 29.9 Å². The number of hydrogen-bond donors (Lipinski definition) is 2. The molecule has 0 heterocycles. The number of methoxy groups -OCH3 is 2. The second-order valence-electron chi connectivity index (χ2n) is 4.17. The zero-order valence-electron chi connectivity index (χ0n) is 11.4. The molecule has 3 N–H and O–H groups in total. The molecule has 6 heteroatoms. The normalized spacial score (nSPS) is 13.2. The van der Waals surface area contributed by atoms with Gasteiger partial charge in [0.2, 0.25) is 0 Å². The van der Waals surface area contributed by atoms with Gasteiger partial charge in [0.05, 0.1) is 25.3 Å². The minimum absolute atomic E-state index is 0.119. The van der Waals surface area contributed by atoms with E-state index in [1.807, 2.05) is 25.1 Å². The summed E-state index contributed by atoms with van der Waals surface area (Å²) in [5, 5.41) is 3.60. The highest BCUT2D eigenvalue weighted by molar-refractivity contribution is 6.32. The molecular formula is C13H20ClN3O2. The number of nitrogens with two attached hydrogens (primary N) is 1. The first-order chi connectivity index (χ1) is 9.06. The SMILES string of the molecule is COCC(C)NC(N)=NCc1ccc(OC)c(Cl)c1. The van der Waals surface area contributed by atoms with Gasteiger partial charge < -0.3 is 20.5 Å². The van der Waals surface area contributed by atoms with Gasteiger partial charge in [-0.05, 0) is 24.6 Å². The van der Waals surface area contributed by atoms with Gasteiger partial charge in [-0.2, -0.15) is 0 Å². The largest absolute Gasteiger partial charge is 0.495 e. The van der Waals surface area contributed by atoms with E-state index in [1.165, 1.54) is 0 Å². The van der Waals surface area contributed by atoms with Crippen molar-refractivity contribution in [2.24, 2.45) is 10.7 Å². The van der Waals surface area contributed by atoms with Gasteiger partial charge >= 0.3 is 0 Å². The predicted octanol–water partition coefficient (Wildman–Crippen LogP) is 1.79. The molecule has 1 rings (SSSR count). The summed E-state index contributed by atoms with van der Waals surface area (Å²) < 4.78 is 10.1. The molecule has 0 aliphatic rings. The lowest BCUT2D eigenvalue weighted by Gasteiger charge is -2.13. The third kappa shape index (κ3) is 5.36. The fourth-order valence-corrected chi connectivity index (χ4v) is 1.85. The minimum Gasteiger partial charge on any atom is -0.495 e. The maximum absolute atomic E-state index is 6.03. The van der Waals surface area contributed by atoms with Crippen LogP contribution in [0.5, 0.6) is 5.75 Å². The maximum atomic E-state index is 6.03. The molecule has 0 aromatic heterocycles. The van der Waals surface area contributed by atoms with Crippen molar-refractivity contribution in [3.63, 3.8) is 0 Å². The van der Waals surface area contributed by atoms with Crippen LogP contribution in [0.2, 0.25) is 5.02 Å². The minimum atomic E-state index is 0.119. The van der Waals surface area contributed by atoms with Crippen LogP contribution in [0.4, 0.5) is 0 Å². The molecule has 0 saturated carbocycles. The topological polar surface area (TPSA) is 68.9 Å². The van der Waals surface area contributed by atoms with E-state index in [1.54, 1.807) is 14.2 Å². The fraction of sp³-hybridized carbons (Fsp3) is 0.462. The summed E-state index contributed by atoms with van der Waals surface area (Å²) in [5.41, 5.74) is 6.74. The Morgan fingerprint density at radius 3 is 2.79 bits per heavy atom. The number of hydrogen-bond acceptors (Lipinski definition) is 3. The molecule has 0 saturated heterocycles. The molecule has 0 spiro atoms. The average molecular weight is 286 g/mol. The summed E-state index contributed by atoms with van der Waals surface area (Å²) in [4.78, 5) is 4.24. The highest BCUT2D eigenvalue weighted by atomic mass is 35.5. The molecule has 0 radical (unpaired) electrons. The van der Waals surface area contributed by atoms with Gasteiger partial charge in [0.25, 0.3) is 0 Å². The summed E-state index contributed by atoms with van der Waals surface area (Å²) in [7, 11) is 3.23. The third-order valence-corrected chi connectivity index (χ3v) is 2.75. The molecular weight excluding hydrogens is 266 g/mol. The Morgan fingerprint density at radius 2 is 2.21 bits per heavy atom.